The zero-order valence-electron chi connectivity index (χ0n) is 10.4. The van der Waals surface area contributed by atoms with Crippen LogP contribution < -0.4 is 10.6 Å². The number of carbonyl (C=O) groups is 1. The van der Waals surface area contributed by atoms with Gasteiger partial charge in [0.15, 0.2) is 0 Å². The van der Waals surface area contributed by atoms with Crippen LogP contribution in [0.5, 0.6) is 0 Å². The van der Waals surface area contributed by atoms with E-state index in [0.717, 1.165) is 6.54 Å². The maximum Gasteiger partial charge on any atom is 0.315 e. The lowest BCUT2D eigenvalue weighted by molar-refractivity contribution is 0.117. The Balaban J connectivity index is 2.24. The first-order chi connectivity index (χ1) is 7.62. The summed E-state index contributed by atoms with van der Waals surface area (Å²) < 4.78 is 0. The van der Waals surface area contributed by atoms with Gasteiger partial charge in [-0.1, -0.05) is 19.8 Å². The topological polar surface area (TPSA) is 61.4 Å². The van der Waals surface area contributed by atoms with Crippen molar-refractivity contribution in [3.8, 4) is 0 Å². The van der Waals surface area contributed by atoms with Gasteiger partial charge in [-0.05, 0) is 31.6 Å². The maximum absolute atomic E-state index is 11.5. The zero-order chi connectivity index (χ0) is 12.0. The van der Waals surface area contributed by atoms with Gasteiger partial charge < -0.3 is 15.7 Å². The van der Waals surface area contributed by atoms with Gasteiger partial charge in [-0.15, -0.1) is 0 Å². The van der Waals surface area contributed by atoms with Crippen molar-refractivity contribution in [1.82, 2.24) is 10.6 Å². The second kappa shape index (κ2) is 6.09. The fraction of sp³-hybridized carbons (Fsp3) is 0.917. The van der Waals surface area contributed by atoms with Gasteiger partial charge in [0.1, 0.15) is 0 Å². The van der Waals surface area contributed by atoms with Crippen LogP contribution in [0, 0.1) is 5.41 Å². The van der Waals surface area contributed by atoms with Crippen LogP contribution in [0.4, 0.5) is 4.79 Å². The van der Waals surface area contributed by atoms with Crippen molar-refractivity contribution in [2.75, 3.05) is 13.2 Å². The molecule has 1 atom stereocenters. The van der Waals surface area contributed by atoms with E-state index in [0.29, 0.717) is 5.41 Å². The summed E-state index contributed by atoms with van der Waals surface area (Å²) in [6.07, 6.45) is 6.13. The van der Waals surface area contributed by atoms with Gasteiger partial charge in [0.2, 0.25) is 0 Å². The first kappa shape index (κ1) is 13.3. The molecule has 4 nitrogen and oxygen atoms in total. The van der Waals surface area contributed by atoms with Gasteiger partial charge in [-0.3, -0.25) is 0 Å². The highest BCUT2D eigenvalue weighted by Crippen LogP contribution is 2.44. The summed E-state index contributed by atoms with van der Waals surface area (Å²) in [5, 5.41) is 14.4. The molecule has 0 spiro atoms. The molecule has 0 aliphatic heterocycles. The second-order valence-electron chi connectivity index (χ2n) is 5.01. The van der Waals surface area contributed by atoms with Crippen LogP contribution in [0.1, 0.15) is 46.0 Å². The number of amides is 2. The number of aliphatic hydroxyl groups is 1. The van der Waals surface area contributed by atoms with Crippen LogP contribution in [0.25, 0.3) is 0 Å². The quantitative estimate of drug-likeness (QED) is 0.647. The van der Waals surface area contributed by atoms with Crippen molar-refractivity contribution in [2.45, 2.75) is 52.0 Å². The van der Waals surface area contributed by atoms with E-state index >= 15 is 0 Å². The van der Waals surface area contributed by atoms with Crippen molar-refractivity contribution >= 4 is 6.03 Å². The summed E-state index contributed by atoms with van der Waals surface area (Å²) in [6, 6.07) is -0.340. The fourth-order valence-corrected chi connectivity index (χ4v) is 2.31. The monoisotopic (exact) mass is 228 g/mol. The van der Waals surface area contributed by atoms with Crippen LogP contribution in [-0.2, 0) is 0 Å². The molecule has 2 amide bonds. The highest BCUT2D eigenvalue weighted by Gasteiger charge is 2.35. The molecule has 1 aliphatic carbocycles. The molecule has 1 fully saturated rings. The number of nitrogens with one attached hydrogen (secondary N) is 2. The number of aliphatic hydroxyl groups excluding tert-OH is 1. The van der Waals surface area contributed by atoms with Crippen LogP contribution in [0.2, 0.25) is 0 Å². The van der Waals surface area contributed by atoms with Crippen molar-refractivity contribution in [1.29, 1.82) is 0 Å². The first-order valence-electron chi connectivity index (χ1n) is 6.27. The molecule has 1 saturated carbocycles. The minimum absolute atomic E-state index is 0.0203. The van der Waals surface area contributed by atoms with Gasteiger partial charge in [0.25, 0.3) is 0 Å². The molecule has 0 saturated heterocycles. The normalized spacial score (nSPS) is 19.7. The molecule has 0 unspecified atom stereocenters. The molecule has 0 aromatic heterocycles. The van der Waals surface area contributed by atoms with Gasteiger partial charge in [-0.2, -0.15) is 0 Å². The zero-order valence-corrected chi connectivity index (χ0v) is 10.4. The summed E-state index contributed by atoms with van der Waals surface area (Å²) in [4.78, 5) is 11.5. The Kier molecular flexibility index (Phi) is 5.06. The number of urea groups is 1. The molecule has 0 aromatic rings. The van der Waals surface area contributed by atoms with Crippen LogP contribution in [0.15, 0.2) is 0 Å². The summed E-state index contributed by atoms with van der Waals surface area (Å²) in [6.45, 7) is 4.72. The number of hydrogen-bond donors (Lipinski definition) is 3. The van der Waals surface area contributed by atoms with Crippen molar-refractivity contribution in [2.24, 2.45) is 5.41 Å². The summed E-state index contributed by atoms with van der Waals surface area (Å²) in [7, 11) is 0. The molecule has 16 heavy (non-hydrogen) atoms. The molecule has 3 N–H and O–H groups in total. The lowest BCUT2D eigenvalue weighted by Gasteiger charge is -2.42. The molecule has 0 bridgehead atoms. The van der Waals surface area contributed by atoms with Crippen LogP contribution in [0.3, 0.4) is 0 Å². The molecule has 0 aromatic carbocycles. The largest absolute Gasteiger partial charge is 0.394 e. The summed E-state index contributed by atoms with van der Waals surface area (Å²) >= 11 is 0. The Bertz CT molecular complexity index is 227. The van der Waals surface area contributed by atoms with E-state index < -0.39 is 0 Å². The third-order valence-corrected chi connectivity index (χ3v) is 3.47. The molecule has 0 radical (unpaired) electrons. The SMILES string of the molecule is CCCC1(CNC(=O)N[C@H](C)CO)CCC1. The molecule has 4 heteroatoms. The Morgan fingerprint density at radius 1 is 1.50 bits per heavy atom. The summed E-state index contributed by atoms with van der Waals surface area (Å²) in [5.74, 6) is 0. The van der Waals surface area contributed by atoms with Gasteiger partial charge in [0.05, 0.1) is 12.6 Å². The molecule has 94 valence electrons. The van der Waals surface area contributed by atoms with Crippen molar-refractivity contribution in [3.63, 3.8) is 0 Å². The lowest BCUT2D eigenvalue weighted by atomic mass is 9.66. The van der Waals surface area contributed by atoms with E-state index in [-0.39, 0.29) is 18.7 Å². The smallest absolute Gasteiger partial charge is 0.315 e. The molecular weight excluding hydrogens is 204 g/mol. The van der Waals surface area contributed by atoms with E-state index in [1.165, 1.54) is 32.1 Å². The first-order valence-corrected chi connectivity index (χ1v) is 6.27. The molecule has 1 aliphatic rings. The Hall–Kier alpha value is -0.770. The van der Waals surface area contributed by atoms with Gasteiger partial charge >= 0.3 is 6.03 Å². The fourth-order valence-electron chi connectivity index (χ4n) is 2.31. The highest BCUT2D eigenvalue weighted by atomic mass is 16.3. The Morgan fingerprint density at radius 2 is 2.19 bits per heavy atom. The maximum atomic E-state index is 11.5. The molecular formula is C12H24N2O2. The Labute approximate surface area is 97.8 Å². The highest BCUT2D eigenvalue weighted by molar-refractivity contribution is 5.74. The van der Waals surface area contributed by atoms with Crippen LogP contribution >= 0.6 is 0 Å². The number of rotatable bonds is 6. The molecule has 1 rings (SSSR count). The molecule has 0 heterocycles. The third kappa shape index (κ3) is 3.67. The minimum atomic E-state index is -0.177. The van der Waals surface area contributed by atoms with Crippen LogP contribution in [-0.4, -0.2) is 30.3 Å². The Morgan fingerprint density at radius 3 is 2.62 bits per heavy atom. The number of hydrogen-bond acceptors (Lipinski definition) is 2. The third-order valence-electron chi connectivity index (χ3n) is 3.47. The van der Waals surface area contributed by atoms with Crippen molar-refractivity contribution < 1.29 is 9.90 Å². The predicted molar refractivity (Wildman–Crippen MR) is 64.3 cm³/mol. The average Bonchev–Trinajstić information content (AvgIpc) is 2.21. The van der Waals surface area contributed by atoms with E-state index in [1.54, 1.807) is 6.92 Å². The predicted octanol–water partition coefficient (Wildman–Crippen LogP) is 1.64. The summed E-state index contributed by atoms with van der Waals surface area (Å²) in [5.41, 5.74) is 0.356. The van der Waals surface area contributed by atoms with Gasteiger partial charge in [-0.25, -0.2) is 4.79 Å². The minimum Gasteiger partial charge on any atom is -0.394 e. The van der Waals surface area contributed by atoms with E-state index in [1.807, 2.05) is 0 Å². The van der Waals surface area contributed by atoms with Crippen molar-refractivity contribution in [3.05, 3.63) is 0 Å². The van der Waals surface area contributed by atoms with Gasteiger partial charge in [0, 0.05) is 6.54 Å². The van der Waals surface area contributed by atoms with E-state index in [4.69, 9.17) is 5.11 Å². The van der Waals surface area contributed by atoms with E-state index in [2.05, 4.69) is 17.6 Å². The second-order valence-corrected chi connectivity index (χ2v) is 5.01. The number of carbonyl (C=O) groups excluding carboxylic acids is 1. The standard InChI is InChI=1S/C12H24N2O2/c1-3-5-12(6-4-7-12)9-13-11(16)14-10(2)8-15/h10,15H,3-9H2,1-2H3,(H2,13,14,16)/t10-/m1/s1. The van der Waals surface area contributed by atoms with E-state index in [9.17, 15) is 4.79 Å². The lowest BCUT2D eigenvalue weighted by Crippen LogP contribution is -2.48. The average molecular weight is 228 g/mol.